The average Bonchev–Trinajstić information content (AvgIpc) is 1.91. The summed E-state index contributed by atoms with van der Waals surface area (Å²) >= 11 is 0. The third-order valence-electron chi connectivity index (χ3n) is 1.04. The molecule has 1 aliphatic rings. The van der Waals surface area contributed by atoms with Crippen LogP contribution in [0.1, 0.15) is 6.42 Å². The number of allylic oxidation sites excluding steroid dienone is 2. The first-order chi connectivity index (χ1) is 3.30. The monoisotopic (exact) mass is 92.0 g/mol. The van der Waals surface area contributed by atoms with Crippen molar-refractivity contribution in [1.82, 2.24) is 0 Å². The molecular weight excluding hydrogens is 86.9 g/mol. The Hall–Kier alpha value is -0.525. The molecule has 1 nitrogen and oxygen atoms in total. The van der Waals surface area contributed by atoms with Crippen molar-refractivity contribution in [2.75, 3.05) is 0 Å². The number of carbonyl (C=O) groups excluding carboxylic acids is 1. The van der Waals surface area contributed by atoms with Crippen molar-refractivity contribution in [3.63, 3.8) is 0 Å². The van der Waals surface area contributed by atoms with Gasteiger partial charge in [0.25, 0.3) is 0 Å². The van der Waals surface area contributed by atoms with E-state index in [0.29, 0.717) is 0 Å². The van der Waals surface area contributed by atoms with Crippen LogP contribution in [-0.2, 0) is 4.79 Å². The molecule has 0 saturated carbocycles. The highest BCUT2D eigenvalue weighted by molar-refractivity contribution is 6.27. The first-order valence-electron chi connectivity index (χ1n) is 2.26. The van der Waals surface area contributed by atoms with Gasteiger partial charge in [0.2, 0.25) is 0 Å². The molecule has 2 heteroatoms. The fourth-order valence-corrected chi connectivity index (χ4v) is 0.571. The number of rotatable bonds is 0. The molecule has 1 aliphatic carbocycles. The largest absolute Gasteiger partial charge is 0.295 e. The van der Waals surface area contributed by atoms with Gasteiger partial charge in [0.1, 0.15) is 5.78 Å². The minimum absolute atomic E-state index is 0.0556. The highest BCUT2D eigenvalue weighted by Gasteiger charge is 2.11. The van der Waals surface area contributed by atoms with Crippen molar-refractivity contribution >= 4 is 13.6 Å². The Kier molecular flexibility index (Phi) is 1.01. The van der Waals surface area contributed by atoms with E-state index < -0.39 is 0 Å². The highest BCUT2D eigenvalue weighted by Crippen LogP contribution is 2.14. The zero-order chi connectivity index (χ0) is 5.28. The van der Waals surface area contributed by atoms with E-state index >= 15 is 0 Å². The summed E-state index contributed by atoms with van der Waals surface area (Å²) in [5.41, 5.74) is 0. The van der Waals surface area contributed by atoms with Crippen molar-refractivity contribution in [3.8, 4) is 0 Å². The van der Waals surface area contributed by atoms with E-state index in [2.05, 4.69) is 0 Å². The second-order valence-corrected chi connectivity index (χ2v) is 1.65. The summed E-state index contributed by atoms with van der Waals surface area (Å²) in [5, 5.41) is 0. The molecule has 0 unspecified atom stereocenters. The molecule has 0 aliphatic heterocycles. The molecular formula is C5H5BO. The summed E-state index contributed by atoms with van der Waals surface area (Å²) in [6, 6.07) is 0. The van der Waals surface area contributed by atoms with E-state index in [-0.39, 0.29) is 11.6 Å². The van der Waals surface area contributed by atoms with Crippen LogP contribution in [0.3, 0.4) is 0 Å². The Morgan fingerprint density at radius 3 is 2.71 bits per heavy atom. The van der Waals surface area contributed by atoms with Crippen LogP contribution in [0.5, 0.6) is 0 Å². The Balaban J connectivity index is 2.62. The number of hydrogen-bond donors (Lipinski definition) is 0. The van der Waals surface area contributed by atoms with Crippen LogP contribution in [0.2, 0.25) is 5.82 Å². The summed E-state index contributed by atoms with van der Waals surface area (Å²) in [6.45, 7) is 0. The molecule has 0 fully saturated rings. The van der Waals surface area contributed by atoms with E-state index in [4.69, 9.17) is 7.85 Å². The second-order valence-electron chi connectivity index (χ2n) is 1.65. The molecule has 0 aromatic carbocycles. The molecule has 0 spiro atoms. The van der Waals surface area contributed by atoms with Crippen LogP contribution < -0.4 is 0 Å². The molecule has 0 heterocycles. The zero-order valence-corrected chi connectivity index (χ0v) is 3.92. The Bertz CT molecular complexity index is 117. The molecule has 0 aromatic rings. The third kappa shape index (κ3) is 0.736. The van der Waals surface area contributed by atoms with Crippen LogP contribution >= 0.6 is 0 Å². The summed E-state index contributed by atoms with van der Waals surface area (Å²) in [7, 11) is 5.27. The number of carbonyl (C=O) groups is 1. The van der Waals surface area contributed by atoms with Crippen molar-refractivity contribution < 1.29 is 4.79 Å². The van der Waals surface area contributed by atoms with Gasteiger partial charge in [-0.3, -0.25) is 4.79 Å². The normalized spacial score (nSPS) is 29.1. The molecule has 2 radical (unpaired) electrons. The molecule has 1 atom stereocenters. The summed E-state index contributed by atoms with van der Waals surface area (Å²) in [6.07, 6.45) is 4.05. The maximum atomic E-state index is 10.4. The molecule has 0 amide bonds. The lowest BCUT2D eigenvalue weighted by molar-refractivity contribution is -0.113. The Morgan fingerprint density at radius 1 is 1.86 bits per heavy atom. The first kappa shape index (κ1) is 4.63. The fourth-order valence-electron chi connectivity index (χ4n) is 0.571. The lowest BCUT2D eigenvalue weighted by Crippen LogP contribution is -1.96. The minimum atomic E-state index is -0.236. The van der Waals surface area contributed by atoms with Crippen LogP contribution in [0.25, 0.3) is 0 Å². The van der Waals surface area contributed by atoms with Crippen molar-refractivity contribution in [2.24, 2.45) is 0 Å². The van der Waals surface area contributed by atoms with Crippen molar-refractivity contribution in [3.05, 3.63) is 12.2 Å². The van der Waals surface area contributed by atoms with Crippen molar-refractivity contribution in [2.45, 2.75) is 12.2 Å². The average molecular weight is 91.9 g/mol. The van der Waals surface area contributed by atoms with Gasteiger partial charge in [-0.25, -0.2) is 0 Å². The van der Waals surface area contributed by atoms with Gasteiger partial charge in [-0.2, -0.15) is 0 Å². The van der Waals surface area contributed by atoms with Gasteiger partial charge in [-0.15, -0.1) is 0 Å². The van der Waals surface area contributed by atoms with E-state index in [9.17, 15) is 4.79 Å². The topological polar surface area (TPSA) is 17.1 Å². The van der Waals surface area contributed by atoms with E-state index in [1.165, 1.54) is 6.08 Å². The standard InChI is InChI=1S/C5H5BO/c6-4-2-1-3-5(4)7/h1,3-4H,2H2/t4-/m0/s1. The van der Waals surface area contributed by atoms with Gasteiger partial charge in [0, 0.05) is 0 Å². The Labute approximate surface area is 43.8 Å². The van der Waals surface area contributed by atoms with E-state index in [1.807, 2.05) is 0 Å². The van der Waals surface area contributed by atoms with Gasteiger partial charge in [0.15, 0.2) is 0 Å². The predicted molar refractivity (Wildman–Crippen MR) is 28.3 cm³/mol. The lowest BCUT2D eigenvalue weighted by Gasteiger charge is -1.91. The van der Waals surface area contributed by atoms with Gasteiger partial charge < -0.3 is 0 Å². The third-order valence-corrected chi connectivity index (χ3v) is 1.04. The second kappa shape index (κ2) is 1.53. The SMILES string of the molecule is [B][C@H]1CC=CC1=O. The van der Waals surface area contributed by atoms with E-state index in [1.54, 1.807) is 6.08 Å². The van der Waals surface area contributed by atoms with Gasteiger partial charge in [-0.05, 0) is 18.3 Å². The van der Waals surface area contributed by atoms with Crippen LogP contribution in [0, 0.1) is 0 Å². The van der Waals surface area contributed by atoms with Gasteiger partial charge in [-0.1, -0.05) is 6.08 Å². The maximum absolute atomic E-state index is 10.4. The highest BCUT2D eigenvalue weighted by atomic mass is 16.1. The quantitative estimate of drug-likeness (QED) is 0.397. The first-order valence-corrected chi connectivity index (χ1v) is 2.26. The molecule has 0 bridgehead atoms. The smallest absolute Gasteiger partial charge is 0.150 e. The van der Waals surface area contributed by atoms with Crippen molar-refractivity contribution in [1.29, 1.82) is 0 Å². The summed E-state index contributed by atoms with van der Waals surface area (Å²) in [4.78, 5) is 10.4. The van der Waals surface area contributed by atoms with Crippen LogP contribution in [-0.4, -0.2) is 13.6 Å². The summed E-state index contributed by atoms with van der Waals surface area (Å²) in [5.74, 6) is -0.181. The van der Waals surface area contributed by atoms with E-state index in [0.717, 1.165) is 6.42 Å². The summed E-state index contributed by atoms with van der Waals surface area (Å²) < 4.78 is 0. The fraction of sp³-hybridized carbons (Fsp3) is 0.400. The number of ketones is 1. The maximum Gasteiger partial charge on any atom is 0.150 e. The molecule has 0 N–H and O–H groups in total. The molecule has 34 valence electrons. The molecule has 1 rings (SSSR count). The molecule has 0 aromatic heterocycles. The number of hydrogen-bond acceptors (Lipinski definition) is 1. The zero-order valence-electron chi connectivity index (χ0n) is 3.92. The lowest BCUT2D eigenvalue weighted by atomic mass is 9.85. The van der Waals surface area contributed by atoms with Gasteiger partial charge in [0.05, 0.1) is 7.85 Å². The predicted octanol–water partition coefficient (Wildman–Crippen LogP) is 0.472. The Morgan fingerprint density at radius 2 is 2.57 bits per heavy atom. The molecule has 0 saturated heterocycles. The minimum Gasteiger partial charge on any atom is -0.295 e. The van der Waals surface area contributed by atoms with Gasteiger partial charge >= 0.3 is 0 Å². The molecule has 7 heavy (non-hydrogen) atoms. The van der Waals surface area contributed by atoms with Crippen LogP contribution in [0.4, 0.5) is 0 Å². The van der Waals surface area contributed by atoms with Crippen LogP contribution in [0.15, 0.2) is 12.2 Å².